The fourth-order valence-electron chi connectivity index (χ4n) is 3.29. The number of benzene rings is 2. The summed E-state index contributed by atoms with van der Waals surface area (Å²) >= 11 is 6.08. The largest absolute Gasteiger partial charge is 0.355 e. The number of aromatic nitrogens is 2. The third-order valence-electron chi connectivity index (χ3n) is 4.87. The van der Waals surface area contributed by atoms with Crippen molar-refractivity contribution in [3.63, 3.8) is 0 Å². The van der Waals surface area contributed by atoms with Crippen molar-refractivity contribution in [2.24, 2.45) is 0 Å². The van der Waals surface area contributed by atoms with E-state index in [4.69, 9.17) is 16.6 Å². The predicted octanol–water partition coefficient (Wildman–Crippen LogP) is 3.97. The van der Waals surface area contributed by atoms with Gasteiger partial charge in [-0.15, -0.1) is 0 Å². The summed E-state index contributed by atoms with van der Waals surface area (Å²) in [5.74, 6) is 0.637. The summed E-state index contributed by atoms with van der Waals surface area (Å²) in [4.78, 5) is 29.3. The molecule has 2 N–H and O–H groups in total. The van der Waals surface area contributed by atoms with Gasteiger partial charge in [-0.1, -0.05) is 49.2 Å². The third kappa shape index (κ3) is 5.60. The summed E-state index contributed by atoms with van der Waals surface area (Å²) in [6.45, 7) is 3.52. The molecule has 0 fully saturated rings. The second-order valence-corrected chi connectivity index (χ2v) is 7.55. The topological polar surface area (TPSA) is 76.0 Å². The van der Waals surface area contributed by atoms with Crippen LogP contribution in [0.2, 0.25) is 5.02 Å². The minimum absolute atomic E-state index is 0.0140. The highest BCUT2D eigenvalue weighted by Crippen LogP contribution is 2.17. The monoisotopic (exact) mass is 426 g/mol. The molecule has 0 saturated carbocycles. The van der Waals surface area contributed by atoms with Gasteiger partial charge in [0.1, 0.15) is 12.4 Å². The second-order valence-electron chi connectivity index (χ2n) is 7.15. The standard InChI is InChI=1S/C23H27ClN4O2/c1-2-3-14-25-22(29)16-28-20-12-7-6-11-19(20)27-21(28)13-8-15-26-23(30)17-9-4-5-10-18(17)24/h4-7,9-12H,2-3,8,13-16H2,1H3,(H,25,29)(H,26,30). The van der Waals surface area contributed by atoms with E-state index in [1.54, 1.807) is 24.3 Å². The highest BCUT2D eigenvalue weighted by Gasteiger charge is 2.14. The van der Waals surface area contributed by atoms with E-state index in [9.17, 15) is 9.59 Å². The minimum atomic E-state index is -0.190. The number of nitrogens with zero attached hydrogens (tertiary/aromatic N) is 2. The zero-order valence-electron chi connectivity index (χ0n) is 17.2. The van der Waals surface area contributed by atoms with Crippen molar-refractivity contribution in [1.29, 1.82) is 0 Å². The van der Waals surface area contributed by atoms with Crippen LogP contribution in [0.15, 0.2) is 48.5 Å². The Morgan fingerprint density at radius 1 is 1.00 bits per heavy atom. The molecular formula is C23H27ClN4O2. The van der Waals surface area contributed by atoms with Crippen molar-refractivity contribution in [1.82, 2.24) is 20.2 Å². The van der Waals surface area contributed by atoms with Crippen molar-refractivity contribution in [2.45, 2.75) is 39.2 Å². The maximum Gasteiger partial charge on any atom is 0.252 e. The highest BCUT2D eigenvalue weighted by atomic mass is 35.5. The van der Waals surface area contributed by atoms with Crippen LogP contribution in [0.3, 0.4) is 0 Å². The first-order chi connectivity index (χ1) is 14.6. The normalized spacial score (nSPS) is 10.9. The number of nitrogens with one attached hydrogen (secondary N) is 2. The van der Waals surface area contributed by atoms with Gasteiger partial charge in [0.05, 0.1) is 21.6 Å². The summed E-state index contributed by atoms with van der Waals surface area (Å²) in [7, 11) is 0. The number of rotatable bonds is 10. The van der Waals surface area contributed by atoms with Crippen LogP contribution in [0.5, 0.6) is 0 Å². The van der Waals surface area contributed by atoms with Crippen molar-refractivity contribution in [3.8, 4) is 0 Å². The van der Waals surface area contributed by atoms with Crippen LogP contribution in [0, 0.1) is 0 Å². The van der Waals surface area contributed by atoms with Crippen molar-refractivity contribution in [2.75, 3.05) is 13.1 Å². The smallest absolute Gasteiger partial charge is 0.252 e. The maximum absolute atomic E-state index is 12.4. The predicted molar refractivity (Wildman–Crippen MR) is 120 cm³/mol. The van der Waals surface area contributed by atoms with Crippen LogP contribution >= 0.6 is 11.6 Å². The van der Waals surface area contributed by atoms with Gasteiger partial charge < -0.3 is 15.2 Å². The number of unbranched alkanes of at least 4 members (excludes halogenated alkanes) is 1. The molecule has 0 aliphatic rings. The molecule has 0 atom stereocenters. The quantitative estimate of drug-likeness (QED) is 0.481. The first kappa shape index (κ1) is 21.8. The van der Waals surface area contributed by atoms with Gasteiger partial charge in [-0.05, 0) is 37.1 Å². The average Bonchev–Trinajstić information content (AvgIpc) is 3.09. The Bertz CT molecular complexity index is 1020. The molecule has 0 unspecified atom stereocenters. The first-order valence-corrected chi connectivity index (χ1v) is 10.7. The van der Waals surface area contributed by atoms with Gasteiger partial charge in [0.25, 0.3) is 5.91 Å². The molecule has 1 aromatic heterocycles. The number of fused-ring (bicyclic) bond motifs is 1. The third-order valence-corrected chi connectivity index (χ3v) is 5.20. The number of halogens is 1. The van der Waals surface area contributed by atoms with Crippen LogP contribution in [-0.4, -0.2) is 34.5 Å². The van der Waals surface area contributed by atoms with Crippen LogP contribution in [0.4, 0.5) is 0 Å². The van der Waals surface area contributed by atoms with E-state index in [2.05, 4.69) is 17.6 Å². The van der Waals surface area contributed by atoms with Crippen LogP contribution in [0.25, 0.3) is 11.0 Å². The highest BCUT2D eigenvalue weighted by molar-refractivity contribution is 6.33. The lowest BCUT2D eigenvalue weighted by molar-refractivity contribution is -0.121. The zero-order chi connectivity index (χ0) is 21.3. The van der Waals surface area contributed by atoms with Gasteiger partial charge in [-0.2, -0.15) is 0 Å². The molecule has 158 valence electrons. The summed E-state index contributed by atoms with van der Waals surface area (Å²) in [6.07, 6.45) is 3.37. The van der Waals surface area contributed by atoms with E-state index in [0.717, 1.165) is 29.7 Å². The maximum atomic E-state index is 12.4. The Morgan fingerprint density at radius 2 is 1.73 bits per heavy atom. The van der Waals surface area contributed by atoms with Gasteiger partial charge in [0.2, 0.25) is 5.91 Å². The summed E-state index contributed by atoms with van der Waals surface area (Å²) < 4.78 is 1.96. The Kier molecular flexibility index (Phi) is 7.85. The van der Waals surface area contributed by atoms with E-state index >= 15 is 0 Å². The van der Waals surface area contributed by atoms with Gasteiger partial charge in [-0.3, -0.25) is 9.59 Å². The number of carbonyl (C=O) groups excluding carboxylic acids is 2. The fraction of sp³-hybridized carbons (Fsp3) is 0.348. The average molecular weight is 427 g/mol. The van der Waals surface area contributed by atoms with Crippen LogP contribution in [0.1, 0.15) is 42.4 Å². The molecule has 0 spiro atoms. The molecule has 6 nitrogen and oxygen atoms in total. The molecule has 1 heterocycles. The lowest BCUT2D eigenvalue weighted by Crippen LogP contribution is -2.29. The zero-order valence-corrected chi connectivity index (χ0v) is 17.9. The van der Waals surface area contributed by atoms with E-state index in [0.29, 0.717) is 36.5 Å². The Labute approximate surface area is 181 Å². The van der Waals surface area contributed by atoms with E-state index in [-0.39, 0.29) is 18.4 Å². The number of carbonyl (C=O) groups is 2. The molecule has 0 aliphatic carbocycles. The fourth-order valence-corrected chi connectivity index (χ4v) is 3.51. The molecule has 2 aromatic carbocycles. The number of aryl methyl sites for hydroxylation is 1. The molecule has 0 saturated heterocycles. The Morgan fingerprint density at radius 3 is 2.53 bits per heavy atom. The molecule has 0 bridgehead atoms. The minimum Gasteiger partial charge on any atom is -0.355 e. The molecule has 2 amide bonds. The lowest BCUT2D eigenvalue weighted by atomic mass is 10.2. The SMILES string of the molecule is CCCCNC(=O)Cn1c(CCCNC(=O)c2ccccc2Cl)nc2ccccc21. The lowest BCUT2D eigenvalue weighted by Gasteiger charge is -2.10. The van der Waals surface area contributed by atoms with Gasteiger partial charge in [-0.25, -0.2) is 4.98 Å². The summed E-state index contributed by atoms with van der Waals surface area (Å²) in [6, 6.07) is 14.8. The molecular weight excluding hydrogens is 400 g/mol. The van der Waals surface area contributed by atoms with Gasteiger partial charge in [0.15, 0.2) is 0 Å². The molecule has 3 rings (SSSR count). The Balaban J connectivity index is 1.62. The number of hydrogen-bond acceptors (Lipinski definition) is 3. The number of hydrogen-bond donors (Lipinski definition) is 2. The summed E-state index contributed by atoms with van der Waals surface area (Å²) in [5.41, 5.74) is 2.28. The number of para-hydroxylation sites is 2. The van der Waals surface area contributed by atoms with Crippen molar-refractivity contribution < 1.29 is 9.59 Å². The van der Waals surface area contributed by atoms with Crippen molar-refractivity contribution >= 4 is 34.4 Å². The first-order valence-electron chi connectivity index (χ1n) is 10.3. The summed E-state index contributed by atoms with van der Waals surface area (Å²) in [5, 5.41) is 6.30. The molecule has 30 heavy (non-hydrogen) atoms. The van der Waals surface area contributed by atoms with E-state index in [1.807, 2.05) is 28.8 Å². The second kappa shape index (κ2) is 10.8. The van der Waals surface area contributed by atoms with E-state index < -0.39 is 0 Å². The number of imidazole rings is 1. The number of amides is 2. The van der Waals surface area contributed by atoms with Gasteiger partial charge >= 0.3 is 0 Å². The van der Waals surface area contributed by atoms with Gasteiger partial charge in [0, 0.05) is 19.5 Å². The Hall–Kier alpha value is -2.86. The van der Waals surface area contributed by atoms with Crippen molar-refractivity contribution in [3.05, 3.63) is 64.9 Å². The van der Waals surface area contributed by atoms with Crippen LogP contribution < -0.4 is 10.6 Å². The van der Waals surface area contributed by atoms with E-state index in [1.165, 1.54) is 0 Å². The molecule has 3 aromatic rings. The molecule has 7 heteroatoms. The molecule has 0 radical (unpaired) electrons. The molecule has 0 aliphatic heterocycles. The van der Waals surface area contributed by atoms with Crippen LogP contribution in [-0.2, 0) is 17.8 Å².